The van der Waals surface area contributed by atoms with Crippen molar-refractivity contribution in [2.45, 2.75) is 57.3 Å². The standard InChI is InChI=1S/C27H36N6O9S/c1-4-8-21-24-25(31(3)30-21)27(35)29-26(28-24)20-15-19(11-12-22(20)40-5-2)43(38,39)32-16-18(17-32)9-6-13-41-23(34)10-7-14-42-33(36)37/h11-12,15,18H,4-10,13-14,16-17H2,1-3H3,(H,28,29,35). The predicted octanol–water partition coefficient (Wildman–Crippen LogP) is 2.61. The van der Waals surface area contributed by atoms with E-state index in [1.807, 2.05) is 13.8 Å². The molecule has 4 rings (SSSR count). The van der Waals surface area contributed by atoms with E-state index in [2.05, 4.69) is 19.9 Å². The molecule has 3 aromatic rings. The van der Waals surface area contributed by atoms with Gasteiger partial charge in [-0.25, -0.2) is 13.4 Å². The van der Waals surface area contributed by atoms with Crippen LogP contribution in [0.3, 0.4) is 0 Å². The van der Waals surface area contributed by atoms with E-state index in [1.54, 1.807) is 13.1 Å². The molecule has 0 bridgehead atoms. The summed E-state index contributed by atoms with van der Waals surface area (Å²) in [6.07, 6.45) is 2.91. The molecule has 0 radical (unpaired) electrons. The van der Waals surface area contributed by atoms with Gasteiger partial charge < -0.3 is 19.3 Å². The second-order valence-corrected chi connectivity index (χ2v) is 12.2. The lowest BCUT2D eigenvalue weighted by Crippen LogP contribution is -2.49. The number of hydrogen-bond acceptors (Lipinski definition) is 11. The number of ether oxygens (including phenoxy) is 2. The molecule has 1 fully saturated rings. The summed E-state index contributed by atoms with van der Waals surface area (Å²) in [7, 11) is -2.14. The Morgan fingerprint density at radius 1 is 1.21 bits per heavy atom. The van der Waals surface area contributed by atoms with Crippen molar-refractivity contribution >= 4 is 27.0 Å². The van der Waals surface area contributed by atoms with Crippen molar-refractivity contribution in [1.82, 2.24) is 24.1 Å². The van der Waals surface area contributed by atoms with Crippen LogP contribution < -0.4 is 10.3 Å². The van der Waals surface area contributed by atoms with E-state index in [0.29, 0.717) is 67.0 Å². The summed E-state index contributed by atoms with van der Waals surface area (Å²) in [6.45, 7) is 4.82. The van der Waals surface area contributed by atoms with Gasteiger partial charge in [0.2, 0.25) is 10.0 Å². The maximum absolute atomic E-state index is 13.5. The minimum Gasteiger partial charge on any atom is -0.493 e. The first-order valence-corrected chi connectivity index (χ1v) is 15.6. The number of fused-ring (bicyclic) bond motifs is 1. The Kier molecular flexibility index (Phi) is 10.3. The van der Waals surface area contributed by atoms with Gasteiger partial charge in [-0.15, -0.1) is 10.1 Å². The largest absolute Gasteiger partial charge is 0.493 e. The summed E-state index contributed by atoms with van der Waals surface area (Å²) in [5, 5.41) is 13.7. The zero-order chi connectivity index (χ0) is 31.1. The second-order valence-electron chi connectivity index (χ2n) is 10.2. The fourth-order valence-electron chi connectivity index (χ4n) is 4.95. The van der Waals surface area contributed by atoms with Crippen LogP contribution in [-0.2, 0) is 37.9 Å². The third-order valence-corrected chi connectivity index (χ3v) is 8.89. The van der Waals surface area contributed by atoms with Crippen LogP contribution in [0.15, 0.2) is 27.9 Å². The molecule has 1 saturated heterocycles. The first kappa shape index (κ1) is 31.9. The fourth-order valence-corrected chi connectivity index (χ4v) is 6.57. The number of nitrogens with one attached hydrogen (secondary N) is 1. The molecule has 1 aromatic carbocycles. The van der Waals surface area contributed by atoms with Crippen LogP contribution in [0.25, 0.3) is 22.4 Å². The molecule has 1 aliphatic rings. The number of hydrogen-bond donors (Lipinski definition) is 1. The summed E-state index contributed by atoms with van der Waals surface area (Å²) in [5.74, 6) is 0.249. The molecule has 15 nitrogen and oxygen atoms in total. The minimum atomic E-state index is -3.83. The molecule has 0 spiro atoms. The maximum atomic E-state index is 13.5. The zero-order valence-corrected chi connectivity index (χ0v) is 25.2. The quantitative estimate of drug-likeness (QED) is 0.107. The van der Waals surface area contributed by atoms with E-state index in [9.17, 15) is 28.1 Å². The van der Waals surface area contributed by atoms with Gasteiger partial charge in [0.05, 0.1) is 36.0 Å². The van der Waals surface area contributed by atoms with Gasteiger partial charge in [-0.3, -0.25) is 14.3 Å². The number of aromatic amines is 1. The predicted molar refractivity (Wildman–Crippen MR) is 154 cm³/mol. The topological polar surface area (TPSA) is 189 Å². The number of carbonyl (C=O) groups is 1. The molecular formula is C27H36N6O9S. The van der Waals surface area contributed by atoms with Crippen LogP contribution >= 0.6 is 0 Å². The smallest absolute Gasteiger partial charge is 0.305 e. The number of aryl methyl sites for hydroxylation is 2. The molecule has 234 valence electrons. The van der Waals surface area contributed by atoms with Gasteiger partial charge in [0.25, 0.3) is 10.6 Å². The number of nitrogens with zero attached hydrogens (tertiary/aromatic N) is 5. The average molecular weight is 621 g/mol. The van der Waals surface area contributed by atoms with E-state index >= 15 is 0 Å². The van der Waals surface area contributed by atoms with Crippen molar-refractivity contribution in [3.05, 3.63) is 44.4 Å². The van der Waals surface area contributed by atoms with E-state index in [-0.39, 0.29) is 48.3 Å². The lowest BCUT2D eigenvalue weighted by Gasteiger charge is -2.38. The third kappa shape index (κ3) is 7.48. The third-order valence-electron chi connectivity index (χ3n) is 7.06. The molecule has 0 aliphatic carbocycles. The number of esters is 1. The maximum Gasteiger partial charge on any atom is 0.305 e. The van der Waals surface area contributed by atoms with E-state index in [4.69, 9.17) is 9.47 Å². The number of rotatable bonds is 16. The lowest BCUT2D eigenvalue weighted by molar-refractivity contribution is -0.757. The first-order chi connectivity index (χ1) is 20.5. The Labute approximate surface area is 248 Å². The number of aromatic nitrogens is 4. The normalized spacial score (nSPS) is 14.0. The molecule has 16 heteroatoms. The highest BCUT2D eigenvalue weighted by atomic mass is 32.2. The van der Waals surface area contributed by atoms with Gasteiger partial charge >= 0.3 is 5.97 Å². The second kappa shape index (κ2) is 13.9. The fraction of sp³-hybridized carbons (Fsp3) is 0.556. The van der Waals surface area contributed by atoms with E-state index < -0.39 is 21.1 Å². The number of carbonyl (C=O) groups excluding carboxylic acids is 1. The van der Waals surface area contributed by atoms with Gasteiger partial charge in [0.1, 0.15) is 17.1 Å². The Morgan fingerprint density at radius 3 is 2.67 bits per heavy atom. The molecule has 1 aliphatic heterocycles. The molecule has 0 amide bonds. The van der Waals surface area contributed by atoms with Crippen LogP contribution in [0.5, 0.6) is 5.75 Å². The van der Waals surface area contributed by atoms with Crippen molar-refractivity contribution in [3.63, 3.8) is 0 Å². The van der Waals surface area contributed by atoms with Crippen molar-refractivity contribution in [1.29, 1.82) is 0 Å². The highest BCUT2D eigenvalue weighted by molar-refractivity contribution is 7.89. The van der Waals surface area contributed by atoms with Crippen molar-refractivity contribution in [2.24, 2.45) is 13.0 Å². The molecular weight excluding hydrogens is 584 g/mol. The van der Waals surface area contributed by atoms with Crippen LogP contribution in [-0.4, -0.2) is 76.4 Å². The molecule has 43 heavy (non-hydrogen) atoms. The Morgan fingerprint density at radius 2 is 1.98 bits per heavy atom. The molecule has 3 heterocycles. The summed E-state index contributed by atoms with van der Waals surface area (Å²) in [4.78, 5) is 46.5. The molecule has 1 N–H and O–H groups in total. The van der Waals surface area contributed by atoms with Gasteiger partial charge in [-0.2, -0.15) is 9.40 Å². The van der Waals surface area contributed by atoms with Gasteiger partial charge in [-0.1, -0.05) is 13.3 Å². The van der Waals surface area contributed by atoms with Crippen molar-refractivity contribution in [3.8, 4) is 17.1 Å². The summed E-state index contributed by atoms with van der Waals surface area (Å²) < 4.78 is 40.7. The average Bonchev–Trinajstić information content (AvgIpc) is 3.25. The Bertz CT molecular complexity index is 1630. The van der Waals surface area contributed by atoms with Crippen molar-refractivity contribution in [2.75, 3.05) is 32.9 Å². The molecule has 0 atom stereocenters. The SMILES string of the molecule is CCCc1nn(C)c2c(=O)[nH]c(-c3cc(S(=O)(=O)N4CC(CCCOC(=O)CCCO[N+](=O)[O-])C4)ccc3OCC)nc12. The number of H-pyrrole nitrogens is 1. The van der Waals surface area contributed by atoms with E-state index in [1.165, 1.54) is 21.1 Å². The molecule has 2 aromatic heterocycles. The molecule has 0 saturated carbocycles. The molecule has 0 unspecified atom stereocenters. The highest BCUT2D eigenvalue weighted by Gasteiger charge is 2.36. The van der Waals surface area contributed by atoms with Gasteiger partial charge in [-0.05, 0) is 56.7 Å². The lowest BCUT2D eigenvalue weighted by atomic mass is 9.98. The van der Waals surface area contributed by atoms with Crippen molar-refractivity contribution < 1.29 is 32.6 Å². The number of sulfonamides is 1. The summed E-state index contributed by atoms with van der Waals surface area (Å²) in [6, 6.07) is 4.53. The zero-order valence-electron chi connectivity index (χ0n) is 24.4. The minimum absolute atomic E-state index is 0.0206. The van der Waals surface area contributed by atoms with Crippen LogP contribution in [0.1, 0.15) is 51.6 Å². The van der Waals surface area contributed by atoms with Gasteiger partial charge in [0.15, 0.2) is 5.52 Å². The monoisotopic (exact) mass is 620 g/mol. The van der Waals surface area contributed by atoms with Crippen LogP contribution in [0.2, 0.25) is 0 Å². The van der Waals surface area contributed by atoms with E-state index in [0.717, 1.165) is 6.42 Å². The Balaban J connectivity index is 1.41. The Hall–Kier alpha value is -4.05. The highest BCUT2D eigenvalue weighted by Crippen LogP contribution is 2.34. The summed E-state index contributed by atoms with van der Waals surface area (Å²) >= 11 is 0. The summed E-state index contributed by atoms with van der Waals surface area (Å²) in [5.41, 5.74) is 1.49. The van der Waals surface area contributed by atoms with Crippen LogP contribution in [0.4, 0.5) is 0 Å². The first-order valence-electron chi connectivity index (χ1n) is 14.2. The van der Waals surface area contributed by atoms with Crippen LogP contribution in [0, 0.1) is 16.0 Å². The van der Waals surface area contributed by atoms with Gasteiger partial charge in [0, 0.05) is 26.6 Å². The number of benzene rings is 1.